The first-order chi connectivity index (χ1) is 7.93. The molecule has 0 spiro atoms. The number of H-pyrrole nitrogens is 1. The third-order valence-corrected chi connectivity index (χ3v) is 3.09. The first-order valence-electron chi connectivity index (χ1n) is 4.80. The molecule has 2 aromatic heterocycles. The van der Waals surface area contributed by atoms with Gasteiger partial charge in [0, 0.05) is 10.9 Å². The number of rotatable bonds is 2. The number of nitrogens with zero attached hydrogens (tertiary/aromatic N) is 3. The summed E-state index contributed by atoms with van der Waals surface area (Å²) < 4.78 is 0. The van der Waals surface area contributed by atoms with Crippen molar-refractivity contribution in [3.05, 3.63) is 41.9 Å². The predicted octanol–water partition coefficient (Wildman–Crippen LogP) is 2.60. The minimum atomic E-state index is 0.776. The summed E-state index contributed by atoms with van der Waals surface area (Å²) in [6.07, 6.45) is 1.67. The molecular weight excluding hydrogens is 220 g/mol. The van der Waals surface area contributed by atoms with Crippen molar-refractivity contribution in [1.82, 2.24) is 20.4 Å². The topological polar surface area (TPSA) is 54.5 Å². The van der Waals surface area contributed by atoms with Gasteiger partial charge in [-0.1, -0.05) is 30.3 Å². The lowest BCUT2D eigenvalue weighted by atomic mass is 10.2. The average Bonchev–Trinajstić information content (AvgIpc) is 3.01. The molecule has 78 valence electrons. The van der Waals surface area contributed by atoms with Crippen LogP contribution in [0.25, 0.3) is 22.0 Å². The van der Waals surface area contributed by atoms with Crippen LogP contribution >= 0.6 is 11.3 Å². The molecule has 2 heterocycles. The largest absolute Gasteiger partial charge is 0.234 e. The fraction of sp³-hybridized carbons (Fsp3) is 0. The standard InChI is InChI=1S/C11H8N4S/c1-2-4-8(5-3-1)11-13-10(7-16-11)9-6-12-15-14-9/h1-7H,(H,12,14,15). The summed E-state index contributed by atoms with van der Waals surface area (Å²) in [5.41, 5.74) is 2.76. The van der Waals surface area contributed by atoms with E-state index in [1.165, 1.54) is 0 Å². The molecule has 1 N–H and O–H groups in total. The van der Waals surface area contributed by atoms with Gasteiger partial charge in [0.15, 0.2) is 0 Å². The number of nitrogens with one attached hydrogen (secondary N) is 1. The fourth-order valence-corrected chi connectivity index (χ4v) is 2.25. The van der Waals surface area contributed by atoms with Gasteiger partial charge in [-0.15, -0.1) is 11.3 Å². The summed E-state index contributed by atoms with van der Waals surface area (Å²) in [6, 6.07) is 10.1. The molecule has 0 fully saturated rings. The molecule has 5 heteroatoms. The summed E-state index contributed by atoms with van der Waals surface area (Å²) in [5, 5.41) is 13.3. The highest BCUT2D eigenvalue weighted by molar-refractivity contribution is 7.13. The summed E-state index contributed by atoms with van der Waals surface area (Å²) >= 11 is 1.61. The second-order valence-electron chi connectivity index (χ2n) is 3.26. The molecular formula is C11H8N4S. The van der Waals surface area contributed by atoms with Gasteiger partial charge in [0.25, 0.3) is 0 Å². The zero-order chi connectivity index (χ0) is 10.8. The molecule has 0 amide bonds. The number of aromatic nitrogens is 4. The molecule has 3 rings (SSSR count). The summed E-state index contributed by atoms with van der Waals surface area (Å²) in [5.74, 6) is 0. The maximum Gasteiger partial charge on any atom is 0.132 e. The van der Waals surface area contributed by atoms with Crippen molar-refractivity contribution in [2.24, 2.45) is 0 Å². The quantitative estimate of drug-likeness (QED) is 0.733. The second-order valence-corrected chi connectivity index (χ2v) is 4.12. The first-order valence-corrected chi connectivity index (χ1v) is 5.68. The second kappa shape index (κ2) is 3.86. The number of hydrogen-bond donors (Lipinski definition) is 1. The maximum atomic E-state index is 4.52. The smallest absolute Gasteiger partial charge is 0.132 e. The third kappa shape index (κ3) is 1.61. The van der Waals surface area contributed by atoms with Crippen molar-refractivity contribution in [3.8, 4) is 22.0 Å². The van der Waals surface area contributed by atoms with E-state index in [1.807, 2.05) is 35.7 Å². The van der Waals surface area contributed by atoms with Gasteiger partial charge in [0.05, 0.1) is 6.20 Å². The Kier molecular flexibility index (Phi) is 2.23. The maximum absolute atomic E-state index is 4.52. The SMILES string of the molecule is c1ccc(-c2nc(-c3cn[nH]n3)cs2)cc1. The Morgan fingerprint density at radius 1 is 1.06 bits per heavy atom. The molecule has 0 radical (unpaired) electrons. The molecule has 0 aliphatic heterocycles. The average molecular weight is 228 g/mol. The van der Waals surface area contributed by atoms with Crippen molar-refractivity contribution in [2.45, 2.75) is 0 Å². The molecule has 16 heavy (non-hydrogen) atoms. The van der Waals surface area contributed by atoms with Crippen LogP contribution in [0.5, 0.6) is 0 Å². The Morgan fingerprint density at radius 2 is 1.94 bits per heavy atom. The van der Waals surface area contributed by atoms with Crippen molar-refractivity contribution in [2.75, 3.05) is 0 Å². The molecule has 0 saturated heterocycles. The Bertz CT molecular complexity index is 571. The Morgan fingerprint density at radius 3 is 2.69 bits per heavy atom. The van der Waals surface area contributed by atoms with Crippen molar-refractivity contribution in [1.29, 1.82) is 0 Å². The Labute approximate surface area is 96.0 Å². The molecule has 0 aliphatic carbocycles. The molecule has 0 unspecified atom stereocenters. The van der Waals surface area contributed by atoms with Crippen molar-refractivity contribution >= 4 is 11.3 Å². The van der Waals surface area contributed by atoms with Gasteiger partial charge in [-0.2, -0.15) is 15.4 Å². The van der Waals surface area contributed by atoms with E-state index in [4.69, 9.17) is 0 Å². The lowest BCUT2D eigenvalue weighted by Gasteiger charge is -1.93. The molecule has 0 bridgehead atoms. The normalized spacial score (nSPS) is 10.5. The minimum Gasteiger partial charge on any atom is -0.234 e. The molecule has 3 aromatic rings. The van der Waals surface area contributed by atoms with E-state index in [9.17, 15) is 0 Å². The van der Waals surface area contributed by atoms with E-state index in [-0.39, 0.29) is 0 Å². The molecule has 0 atom stereocenters. The van der Waals surface area contributed by atoms with E-state index in [2.05, 4.69) is 20.4 Å². The third-order valence-electron chi connectivity index (χ3n) is 2.20. The van der Waals surface area contributed by atoms with Crippen LogP contribution in [0.3, 0.4) is 0 Å². The van der Waals surface area contributed by atoms with E-state index in [0.29, 0.717) is 0 Å². The highest BCUT2D eigenvalue weighted by Gasteiger charge is 2.07. The summed E-state index contributed by atoms with van der Waals surface area (Å²) in [7, 11) is 0. The van der Waals surface area contributed by atoms with Crippen LogP contribution < -0.4 is 0 Å². The lowest BCUT2D eigenvalue weighted by molar-refractivity contribution is 0.941. The highest BCUT2D eigenvalue weighted by Crippen LogP contribution is 2.27. The minimum absolute atomic E-state index is 0.776. The van der Waals surface area contributed by atoms with Gasteiger partial charge in [-0.25, -0.2) is 4.98 Å². The van der Waals surface area contributed by atoms with Crippen LogP contribution in [-0.2, 0) is 0 Å². The van der Waals surface area contributed by atoms with Gasteiger partial charge in [-0.3, -0.25) is 0 Å². The molecule has 0 saturated carbocycles. The van der Waals surface area contributed by atoms with Crippen LogP contribution in [0.4, 0.5) is 0 Å². The van der Waals surface area contributed by atoms with Crippen LogP contribution in [0.2, 0.25) is 0 Å². The number of thiazole rings is 1. The highest BCUT2D eigenvalue weighted by atomic mass is 32.1. The lowest BCUT2D eigenvalue weighted by Crippen LogP contribution is -1.79. The van der Waals surface area contributed by atoms with Crippen molar-refractivity contribution in [3.63, 3.8) is 0 Å². The molecule has 0 aliphatic rings. The zero-order valence-electron chi connectivity index (χ0n) is 8.29. The van der Waals surface area contributed by atoms with E-state index < -0.39 is 0 Å². The van der Waals surface area contributed by atoms with E-state index in [0.717, 1.165) is 22.0 Å². The zero-order valence-corrected chi connectivity index (χ0v) is 9.11. The van der Waals surface area contributed by atoms with Gasteiger partial charge >= 0.3 is 0 Å². The Hall–Kier alpha value is -2.01. The van der Waals surface area contributed by atoms with Crippen LogP contribution in [0.15, 0.2) is 41.9 Å². The number of hydrogen-bond acceptors (Lipinski definition) is 4. The van der Waals surface area contributed by atoms with E-state index >= 15 is 0 Å². The van der Waals surface area contributed by atoms with Gasteiger partial charge < -0.3 is 0 Å². The fourth-order valence-electron chi connectivity index (χ4n) is 1.43. The van der Waals surface area contributed by atoms with Crippen LogP contribution in [0, 0.1) is 0 Å². The van der Waals surface area contributed by atoms with E-state index in [1.54, 1.807) is 17.5 Å². The summed E-state index contributed by atoms with van der Waals surface area (Å²) in [4.78, 5) is 4.52. The first kappa shape index (κ1) is 9.23. The van der Waals surface area contributed by atoms with Crippen LogP contribution in [-0.4, -0.2) is 20.4 Å². The summed E-state index contributed by atoms with van der Waals surface area (Å²) in [6.45, 7) is 0. The molecule has 4 nitrogen and oxygen atoms in total. The monoisotopic (exact) mass is 228 g/mol. The van der Waals surface area contributed by atoms with Crippen LogP contribution in [0.1, 0.15) is 0 Å². The van der Waals surface area contributed by atoms with Gasteiger partial charge in [0.1, 0.15) is 16.4 Å². The molecule has 1 aromatic carbocycles. The van der Waals surface area contributed by atoms with Gasteiger partial charge in [0.2, 0.25) is 0 Å². The predicted molar refractivity (Wildman–Crippen MR) is 62.9 cm³/mol. The van der Waals surface area contributed by atoms with Gasteiger partial charge in [-0.05, 0) is 0 Å². The Balaban J connectivity index is 2.00. The number of benzene rings is 1. The van der Waals surface area contributed by atoms with Crippen molar-refractivity contribution < 1.29 is 0 Å². The number of aromatic amines is 1.